The van der Waals surface area contributed by atoms with Crippen molar-refractivity contribution in [1.29, 1.82) is 0 Å². The molecule has 15 heavy (non-hydrogen) atoms. The van der Waals surface area contributed by atoms with Crippen LogP contribution in [0.5, 0.6) is 0 Å². The average molecular weight is 204 g/mol. The zero-order valence-corrected chi connectivity index (χ0v) is 8.27. The number of pyridine rings is 1. The normalized spacial score (nSPS) is 28.1. The van der Waals surface area contributed by atoms with Crippen molar-refractivity contribution >= 4 is 11.8 Å². The first-order valence-corrected chi connectivity index (χ1v) is 5.23. The molecule has 2 N–H and O–H groups in total. The average Bonchev–Trinajstić information content (AvgIpc) is 2.65. The fourth-order valence-electron chi connectivity index (χ4n) is 2.53. The second-order valence-corrected chi connectivity index (χ2v) is 4.15. The number of hydrogen-bond donors (Lipinski definition) is 1. The second-order valence-electron chi connectivity index (χ2n) is 4.15. The summed E-state index contributed by atoms with van der Waals surface area (Å²) in [6.45, 7) is 0. The summed E-state index contributed by atoms with van der Waals surface area (Å²) in [5.74, 6) is 0.496. The number of rotatable bonds is 0. The Morgan fingerprint density at radius 2 is 2.27 bits per heavy atom. The summed E-state index contributed by atoms with van der Waals surface area (Å²) < 4.78 is 5.36. The van der Waals surface area contributed by atoms with Gasteiger partial charge in [0.15, 0.2) is 0 Å². The monoisotopic (exact) mass is 204 g/mol. The molecule has 4 nitrogen and oxygen atoms in total. The molecule has 0 spiro atoms. The fourth-order valence-corrected chi connectivity index (χ4v) is 2.53. The molecule has 1 aromatic rings. The van der Waals surface area contributed by atoms with Crippen LogP contribution in [-0.2, 0) is 4.74 Å². The summed E-state index contributed by atoms with van der Waals surface area (Å²) in [6, 6.07) is 3.36. The van der Waals surface area contributed by atoms with E-state index in [1.807, 2.05) is 0 Å². The van der Waals surface area contributed by atoms with Crippen molar-refractivity contribution < 1.29 is 9.53 Å². The minimum Gasteiger partial charge on any atom is -0.458 e. The Morgan fingerprint density at radius 3 is 3.13 bits per heavy atom. The number of anilines is 1. The van der Waals surface area contributed by atoms with Gasteiger partial charge in [0.2, 0.25) is 0 Å². The zero-order chi connectivity index (χ0) is 10.4. The maximum absolute atomic E-state index is 11.6. The lowest BCUT2D eigenvalue weighted by atomic mass is 9.94. The molecule has 2 atom stereocenters. The Labute approximate surface area is 87.4 Å². The van der Waals surface area contributed by atoms with Gasteiger partial charge in [-0.25, -0.2) is 9.78 Å². The van der Waals surface area contributed by atoms with Crippen molar-refractivity contribution in [3.63, 3.8) is 0 Å². The standard InChI is InChI=1S/C11H12N2O2/c12-9-5-4-7-10(13-9)6-2-1-3-8(6)15-11(7)14/h4-6,8H,1-3H2,(H2,12,13)/t6-,8+/m0/s1. The third-order valence-corrected chi connectivity index (χ3v) is 3.23. The van der Waals surface area contributed by atoms with Crippen LogP contribution in [0.2, 0.25) is 0 Å². The first-order valence-electron chi connectivity index (χ1n) is 5.23. The molecule has 1 aliphatic carbocycles. The highest BCUT2D eigenvalue weighted by Crippen LogP contribution is 2.41. The number of nitrogens with two attached hydrogens (primary N) is 1. The molecular weight excluding hydrogens is 192 g/mol. The van der Waals surface area contributed by atoms with Gasteiger partial charge in [-0.2, -0.15) is 0 Å². The fraction of sp³-hybridized carbons (Fsp3) is 0.455. The quantitative estimate of drug-likeness (QED) is 0.650. The van der Waals surface area contributed by atoms with E-state index in [1.165, 1.54) is 0 Å². The van der Waals surface area contributed by atoms with E-state index in [-0.39, 0.29) is 18.0 Å². The Kier molecular flexibility index (Phi) is 1.71. The van der Waals surface area contributed by atoms with Crippen LogP contribution < -0.4 is 5.73 Å². The highest BCUT2D eigenvalue weighted by atomic mass is 16.5. The van der Waals surface area contributed by atoms with Gasteiger partial charge in [0, 0.05) is 5.92 Å². The lowest BCUT2D eigenvalue weighted by Gasteiger charge is -2.26. The Hall–Kier alpha value is -1.58. The van der Waals surface area contributed by atoms with Gasteiger partial charge in [-0.15, -0.1) is 0 Å². The van der Waals surface area contributed by atoms with Crippen molar-refractivity contribution in [2.75, 3.05) is 5.73 Å². The highest BCUT2D eigenvalue weighted by Gasteiger charge is 2.39. The summed E-state index contributed by atoms with van der Waals surface area (Å²) in [5, 5.41) is 0. The summed E-state index contributed by atoms with van der Waals surface area (Å²) in [6.07, 6.45) is 3.12. The SMILES string of the molecule is Nc1ccc2c(n1)[C@H]1CCC[C@H]1OC2=O. The van der Waals surface area contributed by atoms with E-state index in [9.17, 15) is 4.79 Å². The molecule has 0 unspecified atom stereocenters. The molecule has 3 rings (SSSR count). The highest BCUT2D eigenvalue weighted by molar-refractivity contribution is 5.92. The number of ether oxygens (including phenoxy) is 1. The van der Waals surface area contributed by atoms with E-state index >= 15 is 0 Å². The number of fused-ring (bicyclic) bond motifs is 3. The number of carbonyl (C=O) groups excluding carboxylic acids is 1. The first kappa shape index (κ1) is 8.71. The summed E-state index contributed by atoms with van der Waals surface area (Å²) in [5.41, 5.74) is 7.08. The zero-order valence-electron chi connectivity index (χ0n) is 8.27. The summed E-state index contributed by atoms with van der Waals surface area (Å²) in [4.78, 5) is 15.9. The summed E-state index contributed by atoms with van der Waals surface area (Å²) >= 11 is 0. The number of aromatic nitrogens is 1. The van der Waals surface area contributed by atoms with Crippen LogP contribution in [0.3, 0.4) is 0 Å². The van der Waals surface area contributed by atoms with Crippen LogP contribution in [0.15, 0.2) is 12.1 Å². The van der Waals surface area contributed by atoms with Crippen molar-refractivity contribution in [3.8, 4) is 0 Å². The molecule has 1 aliphatic heterocycles. The maximum Gasteiger partial charge on any atom is 0.340 e. The topological polar surface area (TPSA) is 65.2 Å². The molecule has 1 saturated carbocycles. The van der Waals surface area contributed by atoms with Crippen LogP contribution >= 0.6 is 0 Å². The third-order valence-electron chi connectivity index (χ3n) is 3.23. The minimum atomic E-state index is -0.249. The van der Waals surface area contributed by atoms with Crippen molar-refractivity contribution in [3.05, 3.63) is 23.4 Å². The number of carbonyl (C=O) groups is 1. The van der Waals surface area contributed by atoms with Gasteiger partial charge in [-0.05, 0) is 31.4 Å². The van der Waals surface area contributed by atoms with Crippen molar-refractivity contribution in [2.24, 2.45) is 0 Å². The third kappa shape index (κ3) is 1.21. The Balaban J connectivity index is 2.15. The first-order chi connectivity index (χ1) is 7.25. The molecular formula is C11H12N2O2. The molecule has 1 fully saturated rings. The molecule has 0 saturated heterocycles. The molecule has 2 heterocycles. The van der Waals surface area contributed by atoms with E-state index in [0.29, 0.717) is 11.4 Å². The van der Waals surface area contributed by atoms with Gasteiger partial charge in [0.1, 0.15) is 11.9 Å². The number of nitrogens with zero attached hydrogens (tertiary/aromatic N) is 1. The van der Waals surface area contributed by atoms with Crippen LogP contribution in [0.25, 0.3) is 0 Å². The predicted octanol–water partition coefficient (Wildman–Crippen LogP) is 1.47. The molecule has 0 radical (unpaired) electrons. The van der Waals surface area contributed by atoms with Gasteiger partial charge < -0.3 is 10.5 Å². The number of nitrogen functional groups attached to an aromatic ring is 1. The van der Waals surface area contributed by atoms with Crippen LogP contribution in [0.1, 0.15) is 41.2 Å². The van der Waals surface area contributed by atoms with Crippen LogP contribution in [-0.4, -0.2) is 17.1 Å². The molecule has 1 aromatic heterocycles. The van der Waals surface area contributed by atoms with E-state index in [1.54, 1.807) is 12.1 Å². The largest absolute Gasteiger partial charge is 0.458 e. The van der Waals surface area contributed by atoms with Gasteiger partial charge >= 0.3 is 5.97 Å². The van der Waals surface area contributed by atoms with E-state index in [4.69, 9.17) is 10.5 Å². The molecule has 4 heteroatoms. The predicted molar refractivity (Wildman–Crippen MR) is 54.4 cm³/mol. The van der Waals surface area contributed by atoms with Crippen molar-refractivity contribution in [1.82, 2.24) is 4.98 Å². The Morgan fingerprint density at radius 1 is 1.40 bits per heavy atom. The summed E-state index contributed by atoms with van der Waals surface area (Å²) in [7, 11) is 0. The van der Waals surface area contributed by atoms with Gasteiger partial charge in [0.05, 0.1) is 11.3 Å². The molecule has 78 valence electrons. The second kappa shape index (κ2) is 2.95. The van der Waals surface area contributed by atoms with Crippen LogP contribution in [0, 0.1) is 0 Å². The van der Waals surface area contributed by atoms with Crippen molar-refractivity contribution in [2.45, 2.75) is 31.3 Å². The molecule has 0 amide bonds. The molecule has 2 aliphatic rings. The Bertz CT molecular complexity index is 431. The number of esters is 1. The lowest BCUT2D eigenvalue weighted by Crippen LogP contribution is -2.29. The lowest BCUT2D eigenvalue weighted by molar-refractivity contribution is 0.0222. The van der Waals surface area contributed by atoms with Gasteiger partial charge in [-0.3, -0.25) is 0 Å². The van der Waals surface area contributed by atoms with E-state index < -0.39 is 0 Å². The number of hydrogen-bond acceptors (Lipinski definition) is 4. The molecule has 0 aromatic carbocycles. The smallest absolute Gasteiger partial charge is 0.340 e. The van der Waals surface area contributed by atoms with Crippen LogP contribution in [0.4, 0.5) is 5.82 Å². The minimum absolute atomic E-state index is 0.0271. The van der Waals surface area contributed by atoms with Gasteiger partial charge in [-0.1, -0.05) is 0 Å². The maximum atomic E-state index is 11.6. The van der Waals surface area contributed by atoms with E-state index in [0.717, 1.165) is 25.0 Å². The van der Waals surface area contributed by atoms with Gasteiger partial charge in [0.25, 0.3) is 0 Å². The van der Waals surface area contributed by atoms with E-state index in [2.05, 4.69) is 4.98 Å². The molecule has 0 bridgehead atoms.